The molecule has 1 heterocycles. The van der Waals surface area contributed by atoms with Crippen LogP contribution in [0.4, 0.5) is 0 Å². The molecule has 0 bridgehead atoms. The number of hydrogen-bond acceptors (Lipinski definition) is 6. The second-order valence-corrected chi connectivity index (χ2v) is 4.86. The van der Waals surface area contributed by atoms with Crippen LogP contribution in [0.1, 0.15) is 16.1 Å². The van der Waals surface area contributed by atoms with Crippen molar-refractivity contribution in [3.05, 3.63) is 47.9 Å². The zero-order valence-corrected chi connectivity index (χ0v) is 12.0. The molecule has 0 N–H and O–H groups in total. The fourth-order valence-corrected chi connectivity index (χ4v) is 2.24. The molecule has 0 saturated carbocycles. The summed E-state index contributed by atoms with van der Waals surface area (Å²) in [7, 11) is 2.96. The van der Waals surface area contributed by atoms with Gasteiger partial charge in [-0.05, 0) is 17.7 Å². The molecule has 6 heteroatoms. The Hall–Kier alpha value is -2.08. The minimum Gasteiger partial charge on any atom is -0.497 e. The number of carbonyl (C=O) groups excluding carboxylic acids is 1. The van der Waals surface area contributed by atoms with Crippen LogP contribution in [0.2, 0.25) is 0 Å². The lowest BCUT2D eigenvalue weighted by Gasteiger charge is -2.03. The van der Waals surface area contributed by atoms with E-state index in [0.29, 0.717) is 0 Å². The molecule has 0 amide bonds. The van der Waals surface area contributed by atoms with Crippen LogP contribution in [0.3, 0.4) is 0 Å². The van der Waals surface area contributed by atoms with Crippen LogP contribution in [0.25, 0.3) is 0 Å². The number of rotatable bonds is 5. The first-order chi connectivity index (χ1) is 9.72. The Morgan fingerprint density at radius 1 is 1.15 bits per heavy atom. The molecular formula is C14H14N2O3S. The van der Waals surface area contributed by atoms with Crippen molar-refractivity contribution in [2.45, 2.75) is 10.8 Å². The predicted octanol–water partition coefficient (Wildman–Crippen LogP) is 2.56. The molecular weight excluding hydrogens is 276 g/mol. The Morgan fingerprint density at radius 3 is 2.45 bits per heavy atom. The summed E-state index contributed by atoms with van der Waals surface area (Å²) in [5.74, 6) is 1.13. The van der Waals surface area contributed by atoms with E-state index in [1.54, 1.807) is 25.1 Å². The van der Waals surface area contributed by atoms with Crippen molar-refractivity contribution in [2.75, 3.05) is 14.2 Å². The fourth-order valence-electron chi connectivity index (χ4n) is 1.48. The van der Waals surface area contributed by atoms with E-state index in [1.807, 2.05) is 24.3 Å². The van der Waals surface area contributed by atoms with Crippen molar-refractivity contribution in [1.29, 1.82) is 0 Å². The number of thioether (sulfide) groups is 1. The summed E-state index contributed by atoms with van der Waals surface area (Å²) in [5, 5.41) is 0.758. The highest BCUT2D eigenvalue weighted by Crippen LogP contribution is 2.21. The number of methoxy groups -OCH3 is 2. The molecule has 2 aromatic rings. The Labute approximate surface area is 121 Å². The summed E-state index contributed by atoms with van der Waals surface area (Å²) in [6, 6.07) is 7.84. The highest BCUT2D eigenvalue weighted by Gasteiger charge is 2.07. The van der Waals surface area contributed by atoms with E-state index in [9.17, 15) is 4.79 Å². The third kappa shape index (κ3) is 3.71. The van der Waals surface area contributed by atoms with Gasteiger partial charge >= 0.3 is 5.97 Å². The lowest BCUT2D eigenvalue weighted by Crippen LogP contribution is -2.04. The van der Waals surface area contributed by atoms with Crippen LogP contribution < -0.4 is 4.74 Å². The molecule has 5 nitrogen and oxygen atoms in total. The van der Waals surface area contributed by atoms with Gasteiger partial charge in [0.05, 0.1) is 26.6 Å². The van der Waals surface area contributed by atoms with E-state index in [1.165, 1.54) is 13.3 Å². The molecule has 0 radical (unpaired) electrons. The van der Waals surface area contributed by atoms with Crippen LogP contribution in [0, 0.1) is 0 Å². The fraction of sp³-hybridized carbons (Fsp3) is 0.214. The topological polar surface area (TPSA) is 61.3 Å². The first kappa shape index (κ1) is 14.3. The Balaban J connectivity index is 1.94. The van der Waals surface area contributed by atoms with Gasteiger partial charge in [0.15, 0.2) is 5.69 Å². The lowest BCUT2D eigenvalue weighted by atomic mass is 10.2. The normalized spacial score (nSPS) is 10.1. The van der Waals surface area contributed by atoms with E-state index >= 15 is 0 Å². The minimum atomic E-state index is -0.482. The number of esters is 1. The lowest BCUT2D eigenvalue weighted by molar-refractivity contribution is 0.0593. The summed E-state index contributed by atoms with van der Waals surface area (Å²) in [6.07, 6.45) is 2.99. The van der Waals surface area contributed by atoms with Crippen LogP contribution in [-0.4, -0.2) is 30.2 Å². The van der Waals surface area contributed by atoms with Gasteiger partial charge in [0, 0.05) is 5.75 Å². The van der Waals surface area contributed by atoms with E-state index in [0.717, 1.165) is 22.1 Å². The Morgan fingerprint density at radius 2 is 1.90 bits per heavy atom. The van der Waals surface area contributed by atoms with Crippen molar-refractivity contribution in [1.82, 2.24) is 9.97 Å². The molecule has 0 saturated heterocycles. The Kier molecular flexibility index (Phi) is 4.95. The summed E-state index contributed by atoms with van der Waals surface area (Å²) < 4.78 is 9.67. The van der Waals surface area contributed by atoms with E-state index in [4.69, 9.17) is 4.74 Å². The van der Waals surface area contributed by atoms with Gasteiger partial charge in [-0.25, -0.2) is 14.8 Å². The van der Waals surface area contributed by atoms with Gasteiger partial charge in [-0.3, -0.25) is 0 Å². The van der Waals surface area contributed by atoms with Gasteiger partial charge < -0.3 is 9.47 Å². The smallest absolute Gasteiger partial charge is 0.358 e. The molecule has 20 heavy (non-hydrogen) atoms. The number of aromatic nitrogens is 2. The first-order valence-corrected chi connectivity index (χ1v) is 6.87. The molecule has 0 atom stereocenters. The zero-order chi connectivity index (χ0) is 14.4. The highest BCUT2D eigenvalue weighted by molar-refractivity contribution is 7.98. The van der Waals surface area contributed by atoms with E-state index < -0.39 is 5.97 Å². The number of nitrogens with zero attached hydrogens (tertiary/aromatic N) is 2. The van der Waals surface area contributed by atoms with Crippen LogP contribution >= 0.6 is 11.8 Å². The number of hydrogen-bond donors (Lipinski definition) is 0. The third-order valence-corrected chi connectivity index (χ3v) is 3.55. The molecule has 104 valence electrons. The molecule has 0 fully saturated rings. The maximum absolute atomic E-state index is 11.2. The van der Waals surface area contributed by atoms with Gasteiger partial charge in [-0.15, -0.1) is 11.8 Å². The van der Waals surface area contributed by atoms with Crippen LogP contribution in [0.15, 0.2) is 41.7 Å². The van der Waals surface area contributed by atoms with E-state index in [2.05, 4.69) is 14.7 Å². The molecule has 2 rings (SSSR count). The van der Waals surface area contributed by atoms with Gasteiger partial charge in [0.1, 0.15) is 10.8 Å². The summed E-state index contributed by atoms with van der Waals surface area (Å²) >= 11 is 1.55. The maximum atomic E-state index is 11.2. The van der Waals surface area contributed by atoms with Crippen molar-refractivity contribution in [3.8, 4) is 5.75 Å². The van der Waals surface area contributed by atoms with Crippen LogP contribution in [0.5, 0.6) is 5.75 Å². The number of carbonyl (C=O) groups is 1. The summed E-state index contributed by atoms with van der Waals surface area (Å²) in [5.41, 5.74) is 1.37. The number of benzene rings is 1. The van der Waals surface area contributed by atoms with Crippen molar-refractivity contribution in [3.63, 3.8) is 0 Å². The van der Waals surface area contributed by atoms with E-state index in [-0.39, 0.29) is 5.69 Å². The molecule has 0 aliphatic carbocycles. The standard InChI is InChI=1S/C14H14N2O3S/c1-18-11-5-3-10(4-6-11)9-20-13-8-15-12(7-16-13)14(17)19-2/h3-8H,9H2,1-2H3. The molecule has 0 aliphatic heterocycles. The van der Waals surface area contributed by atoms with Crippen LogP contribution in [-0.2, 0) is 10.5 Å². The van der Waals surface area contributed by atoms with Crippen molar-refractivity contribution in [2.24, 2.45) is 0 Å². The molecule has 1 aromatic heterocycles. The van der Waals surface area contributed by atoms with Crippen molar-refractivity contribution < 1.29 is 14.3 Å². The van der Waals surface area contributed by atoms with Gasteiger partial charge in [-0.2, -0.15) is 0 Å². The first-order valence-electron chi connectivity index (χ1n) is 5.89. The Bertz CT molecular complexity index is 570. The number of ether oxygens (including phenoxy) is 2. The predicted molar refractivity (Wildman–Crippen MR) is 75.9 cm³/mol. The maximum Gasteiger partial charge on any atom is 0.358 e. The average molecular weight is 290 g/mol. The monoisotopic (exact) mass is 290 g/mol. The summed E-state index contributed by atoms with van der Waals surface area (Å²) in [6.45, 7) is 0. The largest absolute Gasteiger partial charge is 0.497 e. The summed E-state index contributed by atoms with van der Waals surface area (Å²) in [4.78, 5) is 19.4. The highest BCUT2D eigenvalue weighted by atomic mass is 32.2. The molecule has 0 spiro atoms. The van der Waals surface area contributed by atoms with Gasteiger partial charge in [-0.1, -0.05) is 12.1 Å². The van der Waals surface area contributed by atoms with Gasteiger partial charge in [0.2, 0.25) is 0 Å². The van der Waals surface area contributed by atoms with Gasteiger partial charge in [0.25, 0.3) is 0 Å². The SMILES string of the molecule is COC(=O)c1cnc(SCc2ccc(OC)cc2)cn1. The second-order valence-electron chi connectivity index (χ2n) is 3.87. The molecule has 1 aromatic carbocycles. The van der Waals surface area contributed by atoms with Crippen molar-refractivity contribution >= 4 is 17.7 Å². The molecule has 0 aliphatic rings. The third-order valence-electron chi connectivity index (χ3n) is 2.57. The second kappa shape index (κ2) is 6.91. The quantitative estimate of drug-likeness (QED) is 0.623. The zero-order valence-electron chi connectivity index (χ0n) is 11.2. The average Bonchev–Trinajstić information content (AvgIpc) is 2.53. The molecule has 0 unspecified atom stereocenters. The minimum absolute atomic E-state index is 0.210.